The monoisotopic (exact) mass is 328 g/mol. The lowest BCUT2D eigenvalue weighted by Crippen LogP contribution is -2.31. The molecule has 3 rings (SSSR count). The van der Waals surface area contributed by atoms with Crippen molar-refractivity contribution in [2.24, 2.45) is 0 Å². The Hall–Kier alpha value is -2.18. The van der Waals surface area contributed by atoms with Crippen LogP contribution in [0.5, 0.6) is 0 Å². The number of amides is 1. The Bertz CT molecular complexity index is 834. The molecule has 6 heteroatoms. The quantitative estimate of drug-likeness (QED) is 0.757. The average molecular weight is 328 g/mol. The molecule has 23 heavy (non-hydrogen) atoms. The van der Waals surface area contributed by atoms with Crippen LogP contribution in [0.4, 0.5) is 0 Å². The van der Waals surface area contributed by atoms with Gasteiger partial charge in [-0.15, -0.1) is 11.3 Å². The highest BCUT2D eigenvalue weighted by molar-refractivity contribution is 7.13. The minimum absolute atomic E-state index is 0.0581. The van der Waals surface area contributed by atoms with Crippen molar-refractivity contribution in [1.29, 1.82) is 0 Å². The zero-order chi connectivity index (χ0) is 16.4. The van der Waals surface area contributed by atoms with Crippen LogP contribution in [0.15, 0.2) is 29.6 Å². The fourth-order valence-corrected chi connectivity index (χ4v) is 3.24. The molecule has 0 radical (unpaired) electrons. The summed E-state index contributed by atoms with van der Waals surface area (Å²) in [5.41, 5.74) is 3.61. The molecule has 0 atom stereocenters. The van der Waals surface area contributed by atoms with Crippen LogP contribution < -0.4 is 5.32 Å². The van der Waals surface area contributed by atoms with Crippen molar-refractivity contribution in [3.63, 3.8) is 0 Å². The third-order valence-corrected chi connectivity index (χ3v) is 4.69. The lowest BCUT2D eigenvalue weighted by Gasteiger charge is -2.10. The summed E-state index contributed by atoms with van der Waals surface area (Å²) in [5, 5.41) is 4.98. The third-order valence-electron chi connectivity index (χ3n) is 3.67. The molecule has 2 aromatic heterocycles. The number of hydrogen-bond donors (Lipinski definition) is 2. The topological polar surface area (TPSA) is 61.0 Å². The van der Waals surface area contributed by atoms with Crippen molar-refractivity contribution in [1.82, 2.24) is 20.2 Å². The molecule has 0 aliphatic rings. The minimum atomic E-state index is -0.0581. The number of fused-ring (bicyclic) bond motifs is 1. The second-order valence-corrected chi connectivity index (χ2v) is 6.73. The highest BCUT2D eigenvalue weighted by Gasteiger charge is 2.11. The van der Waals surface area contributed by atoms with Crippen molar-refractivity contribution in [2.45, 2.75) is 6.92 Å². The number of benzene rings is 1. The highest BCUT2D eigenvalue weighted by Crippen LogP contribution is 2.28. The van der Waals surface area contributed by atoms with E-state index in [4.69, 9.17) is 0 Å². The molecule has 5 nitrogen and oxygen atoms in total. The Morgan fingerprint density at radius 2 is 2.17 bits per heavy atom. The summed E-state index contributed by atoms with van der Waals surface area (Å²) in [6.07, 6.45) is 0. The van der Waals surface area contributed by atoms with Crippen LogP contribution in [-0.4, -0.2) is 48.0 Å². The number of nitrogens with zero attached hydrogens (tertiary/aromatic N) is 2. The van der Waals surface area contributed by atoms with Crippen LogP contribution in [-0.2, 0) is 0 Å². The molecular formula is C17H20N4OS. The van der Waals surface area contributed by atoms with Gasteiger partial charge in [-0.25, -0.2) is 4.98 Å². The van der Waals surface area contributed by atoms with Gasteiger partial charge in [-0.05, 0) is 56.2 Å². The zero-order valence-electron chi connectivity index (χ0n) is 13.5. The van der Waals surface area contributed by atoms with Gasteiger partial charge in [0.2, 0.25) is 0 Å². The van der Waals surface area contributed by atoms with E-state index < -0.39 is 0 Å². The number of rotatable bonds is 5. The largest absolute Gasteiger partial charge is 0.351 e. The number of likely N-dealkylation sites (N-methyl/N-ethyl adjacent to an activating group) is 1. The van der Waals surface area contributed by atoms with Crippen molar-refractivity contribution in [3.8, 4) is 10.7 Å². The fraction of sp³-hybridized carbons (Fsp3) is 0.294. The fourth-order valence-electron chi connectivity index (χ4n) is 2.37. The number of aromatic nitrogens is 2. The molecule has 2 N–H and O–H groups in total. The Labute approximate surface area is 139 Å². The molecule has 1 amide bonds. The number of imidazole rings is 1. The van der Waals surface area contributed by atoms with Crippen LogP contribution in [0.2, 0.25) is 0 Å². The van der Waals surface area contributed by atoms with E-state index in [1.165, 1.54) is 5.56 Å². The van der Waals surface area contributed by atoms with Gasteiger partial charge in [0.25, 0.3) is 5.91 Å². The van der Waals surface area contributed by atoms with Crippen LogP contribution in [0.1, 0.15) is 15.9 Å². The smallest absolute Gasteiger partial charge is 0.251 e. The van der Waals surface area contributed by atoms with Gasteiger partial charge in [0.1, 0.15) is 5.82 Å². The summed E-state index contributed by atoms with van der Waals surface area (Å²) in [6, 6.07) is 7.65. The second kappa shape index (κ2) is 6.52. The third kappa shape index (κ3) is 3.43. The predicted octanol–water partition coefficient (Wildman–Crippen LogP) is 2.89. The van der Waals surface area contributed by atoms with Crippen LogP contribution in [0.3, 0.4) is 0 Å². The van der Waals surface area contributed by atoms with Gasteiger partial charge in [0.15, 0.2) is 0 Å². The summed E-state index contributed by atoms with van der Waals surface area (Å²) in [6.45, 7) is 3.52. The second-order valence-electron chi connectivity index (χ2n) is 5.81. The van der Waals surface area contributed by atoms with Gasteiger partial charge in [-0.1, -0.05) is 0 Å². The molecule has 0 bridgehead atoms. The first kappa shape index (κ1) is 15.7. The SMILES string of the molecule is Cc1ccsc1-c1nc2ccc(C(=O)NCCN(C)C)cc2[nH]1. The Balaban J connectivity index is 1.82. The van der Waals surface area contributed by atoms with Crippen LogP contribution in [0.25, 0.3) is 21.7 Å². The van der Waals surface area contributed by atoms with Gasteiger partial charge in [0.05, 0.1) is 15.9 Å². The maximum Gasteiger partial charge on any atom is 0.251 e. The summed E-state index contributed by atoms with van der Waals surface area (Å²) in [4.78, 5) is 23.3. The molecule has 0 spiro atoms. The van der Waals surface area contributed by atoms with E-state index in [-0.39, 0.29) is 5.91 Å². The lowest BCUT2D eigenvalue weighted by molar-refractivity contribution is 0.0951. The molecule has 3 aromatic rings. The summed E-state index contributed by atoms with van der Waals surface area (Å²) in [5.74, 6) is 0.801. The van der Waals surface area contributed by atoms with Crippen molar-refractivity contribution < 1.29 is 4.79 Å². The normalized spacial score (nSPS) is 11.3. The zero-order valence-corrected chi connectivity index (χ0v) is 14.3. The van der Waals surface area contributed by atoms with Crippen LogP contribution >= 0.6 is 11.3 Å². The number of aromatic amines is 1. The molecule has 0 aliphatic carbocycles. The Morgan fingerprint density at radius 1 is 1.35 bits per heavy atom. The maximum atomic E-state index is 12.2. The predicted molar refractivity (Wildman–Crippen MR) is 95.0 cm³/mol. The van der Waals surface area contributed by atoms with E-state index in [1.807, 2.05) is 37.2 Å². The summed E-state index contributed by atoms with van der Waals surface area (Å²) in [7, 11) is 3.97. The number of carbonyl (C=O) groups is 1. The molecular weight excluding hydrogens is 308 g/mol. The van der Waals surface area contributed by atoms with E-state index in [1.54, 1.807) is 11.3 Å². The minimum Gasteiger partial charge on any atom is -0.351 e. The Morgan fingerprint density at radius 3 is 2.87 bits per heavy atom. The van der Waals surface area contributed by atoms with E-state index in [9.17, 15) is 4.79 Å². The number of H-pyrrole nitrogens is 1. The van der Waals surface area contributed by atoms with Gasteiger partial charge in [-0.3, -0.25) is 4.79 Å². The molecule has 0 unspecified atom stereocenters. The number of thiophene rings is 1. The van der Waals surface area contributed by atoms with E-state index >= 15 is 0 Å². The molecule has 0 saturated heterocycles. The summed E-state index contributed by atoms with van der Waals surface area (Å²) < 4.78 is 0. The first-order valence-electron chi connectivity index (χ1n) is 7.52. The lowest BCUT2D eigenvalue weighted by atomic mass is 10.2. The van der Waals surface area contributed by atoms with Gasteiger partial charge >= 0.3 is 0 Å². The number of aryl methyl sites for hydroxylation is 1. The number of carbonyl (C=O) groups excluding carboxylic acids is 1. The first-order chi connectivity index (χ1) is 11.0. The van der Waals surface area contributed by atoms with Crippen molar-refractivity contribution in [2.75, 3.05) is 27.2 Å². The van der Waals surface area contributed by atoms with Crippen LogP contribution in [0, 0.1) is 6.92 Å². The standard InChI is InChI=1S/C17H20N4OS/c1-11-6-9-23-15(11)16-19-13-5-4-12(10-14(13)20-16)17(22)18-7-8-21(2)3/h4-6,9-10H,7-8H2,1-3H3,(H,18,22)(H,19,20). The molecule has 1 aromatic carbocycles. The molecule has 120 valence electrons. The van der Waals surface area contributed by atoms with Gasteiger partial charge in [-0.2, -0.15) is 0 Å². The molecule has 0 aliphatic heterocycles. The van der Waals surface area contributed by atoms with Gasteiger partial charge < -0.3 is 15.2 Å². The van der Waals surface area contributed by atoms with Gasteiger partial charge in [0, 0.05) is 18.7 Å². The van der Waals surface area contributed by atoms with E-state index in [0.717, 1.165) is 28.3 Å². The average Bonchev–Trinajstić information content (AvgIpc) is 3.11. The maximum absolute atomic E-state index is 12.2. The highest BCUT2D eigenvalue weighted by atomic mass is 32.1. The molecule has 2 heterocycles. The molecule has 0 saturated carbocycles. The number of nitrogens with one attached hydrogen (secondary N) is 2. The van der Waals surface area contributed by atoms with E-state index in [0.29, 0.717) is 12.1 Å². The molecule has 0 fully saturated rings. The number of hydrogen-bond acceptors (Lipinski definition) is 4. The first-order valence-corrected chi connectivity index (χ1v) is 8.40. The van der Waals surface area contributed by atoms with Crippen molar-refractivity contribution in [3.05, 3.63) is 40.8 Å². The van der Waals surface area contributed by atoms with Crippen molar-refractivity contribution >= 4 is 28.3 Å². The Kier molecular flexibility index (Phi) is 4.45. The van der Waals surface area contributed by atoms with E-state index in [2.05, 4.69) is 33.7 Å². The summed E-state index contributed by atoms with van der Waals surface area (Å²) >= 11 is 1.66.